The number of nitrogens with one attached hydrogen (secondary N) is 1. The standard InChI is InChI=1S/C18H28N2O.ClH/c1-13-6-8-16(9-7-13)18(3,4)12-20(5)17(21)14(2)15-10-19-11-15;/h6-9,14-15,19H,10-12H2,1-5H3;1H. The zero-order chi connectivity index (χ0) is 15.6. The average molecular weight is 325 g/mol. The van der Waals surface area contributed by atoms with E-state index in [0.29, 0.717) is 5.92 Å². The van der Waals surface area contributed by atoms with Gasteiger partial charge >= 0.3 is 0 Å². The van der Waals surface area contributed by atoms with Crippen LogP contribution in [0.25, 0.3) is 0 Å². The lowest BCUT2D eigenvalue weighted by atomic mass is 9.83. The number of likely N-dealkylation sites (N-methyl/N-ethyl adjacent to an activating group) is 1. The lowest BCUT2D eigenvalue weighted by molar-refractivity contribution is -0.136. The molecule has 1 aromatic carbocycles. The Morgan fingerprint density at radius 2 is 1.86 bits per heavy atom. The molecule has 0 bridgehead atoms. The van der Waals surface area contributed by atoms with Crippen molar-refractivity contribution in [3.05, 3.63) is 35.4 Å². The van der Waals surface area contributed by atoms with E-state index in [9.17, 15) is 4.79 Å². The highest BCUT2D eigenvalue weighted by Gasteiger charge is 2.32. The second-order valence-corrected chi connectivity index (χ2v) is 7.15. The van der Waals surface area contributed by atoms with Gasteiger partial charge < -0.3 is 10.2 Å². The Morgan fingerprint density at radius 1 is 1.32 bits per heavy atom. The summed E-state index contributed by atoms with van der Waals surface area (Å²) in [5.41, 5.74) is 2.52. The number of halogens is 1. The SMILES string of the molecule is Cc1ccc(C(C)(C)CN(C)C(=O)C(C)C2CNC2)cc1.Cl. The lowest BCUT2D eigenvalue weighted by Gasteiger charge is -2.36. The maximum absolute atomic E-state index is 12.5. The maximum Gasteiger partial charge on any atom is 0.225 e. The third-order valence-corrected chi connectivity index (χ3v) is 4.75. The van der Waals surface area contributed by atoms with Gasteiger partial charge in [-0.15, -0.1) is 12.4 Å². The molecule has 1 amide bonds. The Kier molecular flexibility index (Phi) is 6.45. The Balaban J connectivity index is 0.00000242. The van der Waals surface area contributed by atoms with E-state index in [1.165, 1.54) is 11.1 Å². The third-order valence-electron chi connectivity index (χ3n) is 4.75. The minimum atomic E-state index is -0.0321. The molecule has 0 aromatic heterocycles. The van der Waals surface area contributed by atoms with Crippen molar-refractivity contribution < 1.29 is 4.79 Å². The smallest absolute Gasteiger partial charge is 0.225 e. The minimum Gasteiger partial charge on any atom is -0.345 e. The van der Waals surface area contributed by atoms with Crippen LogP contribution in [0.2, 0.25) is 0 Å². The van der Waals surface area contributed by atoms with Gasteiger partial charge in [-0.25, -0.2) is 0 Å². The van der Waals surface area contributed by atoms with Crippen LogP contribution in [0.4, 0.5) is 0 Å². The molecule has 1 saturated heterocycles. The zero-order valence-electron chi connectivity index (χ0n) is 14.3. The highest BCUT2D eigenvalue weighted by molar-refractivity contribution is 5.85. The maximum atomic E-state index is 12.5. The molecule has 1 atom stereocenters. The second kappa shape index (κ2) is 7.47. The summed E-state index contributed by atoms with van der Waals surface area (Å²) in [6.07, 6.45) is 0. The van der Waals surface area contributed by atoms with Crippen molar-refractivity contribution in [3.8, 4) is 0 Å². The Labute approximate surface area is 140 Å². The molecule has 22 heavy (non-hydrogen) atoms. The summed E-state index contributed by atoms with van der Waals surface area (Å²) in [5, 5.41) is 3.24. The van der Waals surface area contributed by atoms with Gasteiger partial charge in [0, 0.05) is 24.9 Å². The third kappa shape index (κ3) is 4.23. The van der Waals surface area contributed by atoms with Crippen molar-refractivity contribution >= 4 is 18.3 Å². The van der Waals surface area contributed by atoms with Gasteiger partial charge in [0.25, 0.3) is 0 Å². The molecule has 1 N–H and O–H groups in total. The van der Waals surface area contributed by atoms with E-state index in [0.717, 1.165) is 19.6 Å². The summed E-state index contributed by atoms with van der Waals surface area (Å²) < 4.78 is 0. The predicted octanol–water partition coefficient (Wildman–Crippen LogP) is 3.01. The van der Waals surface area contributed by atoms with E-state index < -0.39 is 0 Å². The van der Waals surface area contributed by atoms with Crippen molar-refractivity contribution in [1.82, 2.24) is 10.2 Å². The van der Waals surface area contributed by atoms with Crippen LogP contribution >= 0.6 is 12.4 Å². The predicted molar refractivity (Wildman–Crippen MR) is 94.6 cm³/mol. The molecule has 124 valence electrons. The molecule has 0 aliphatic carbocycles. The molecule has 1 unspecified atom stereocenters. The summed E-state index contributed by atoms with van der Waals surface area (Å²) in [5.74, 6) is 0.884. The first-order valence-electron chi connectivity index (χ1n) is 7.84. The molecule has 3 nitrogen and oxygen atoms in total. The monoisotopic (exact) mass is 324 g/mol. The minimum absolute atomic E-state index is 0. The molecule has 0 radical (unpaired) electrons. The molecular formula is C18H29ClN2O. The fourth-order valence-electron chi connectivity index (χ4n) is 2.98. The number of hydrogen-bond acceptors (Lipinski definition) is 2. The molecule has 0 spiro atoms. The summed E-state index contributed by atoms with van der Waals surface area (Å²) >= 11 is 0. The van der Waals surface area contributed by atoms with Gasteiger partial charge in [0.2, 0.25) is 5.91 Å². The molecule has 1 heterocycles. The highest BCUT2D eigenvalue weighted by atomic mass is 35.5. The van der Waals surface area contributed by atoms with E-state index >= 15 is 0 Å². The molecule has 1 fully saturated rings. The molecular weight excluding hydrogens is 296 g/mol. The van der Waals surface area contributed by atoms with Crippen LogP contribution in [-0.4, -0.2) is 37.5 Å². The fourth-order valence-corrected chi connectivity index (χ4v) is 2.98. The number of aryl methyl sites for hydroxylation is 1. The van der Waals surface area contributed by atoms with Gasteiger partial charge in [0.05, 0.1) is 0 Å². The lowest BCUT2D eigenvalue weighted by Crippen LogP contribution is -2.51. The van der Waals surface area contributed by atoms with Gasteiger partial charge in [0.1, 0.15) is 0 Å². The van der Waals surface area contributed by atoms with E-state index in [1.807, 2.05) is 11.9 Å². The van der Waals surface area contributed by atoms with Crippen molar-refractivity contribution in [2.45, 2.75) is 33.1 Å². The van der Waals surface area contributed by atoms with E-state index in [1.54, 1.807) is 0 Å². The summed E-state index contributed by atoms with van der Waals surface area (Å²) in [6.45, 7) is 11.3. The normalized spacial score (nSPS) is 16.4. The number of carbonyl (C=O) groups is 1. The first kappa shape index (κ1) is 19.0. The Hall–Kier alpha value is -1.06. The van der Waals surface area contributed by atoms with Crippen LogP contribution in [0.1, 0.15) is 31.9 Å². The van der Waals surface area contributed by atoms with E-state index in [4.69, 9.17) is 0 Å². The first-order chi connectivity index (χ1) is 9.81. The molecule has 1 aliphatic heterocycles. The van der Waals surface area contributed by atoms with Crippen LogP contribution in [0, 0.1) is 18.8 Å². The summed E-state index contributed by atoms with van der Waals surface area (Å²) in [4.78, 5) is 14.4. The van der Waals surface area contributed by atoms with Gasteiger partial charge in [-0.3, -0.25) is 4.79 Å². The number of benzene rings is 1. The van der Waals surface area contributed by atoms with Crippen molar-refractivity contribution in [1.29, 1.82) is 0 Å². The van der Waals surface area contributed by atoms with Gasteiger partial charge in [-0.2, -0.15) is 0 Å². The second-order valence-electron chi connectivity index (χ2n) is 7.15. The zero-order valence-corrected chi connectivity index (χ0v) is 15.2. The Bertz CT molecular complexity index is 494. The number of rotatable bonds is 5. The van der Waals surface area contributed by atoms with Crippen molar-refractivity contribution in [2.24, 2.45) is 11.8 Å². The van der Waals surface area contributed by atoms with E-state index in [2.05, 4.69) is 57.3 Å². The molecule has 1 aliphatic rings. The largest absolute Gasteiger partial charge is 0.345 e. The van der Waals surface area contributed by atoms with Crippen LogP contribution < -0.4 is 5.32 Å². The first-order valence-corrected chi connectivity index (χ1v) is 7.84. The van der Waals surface area contributed by atoms with E-state index in [-0.39, 0.29) is 29.6 Å². The molecule has 2 rings (SSSR count). The van der Waals surface area contributed by atoms with Crippen molar-refractivity contribution in [3.63, 3.8) is 0 Å². The molecule has 4 heteroatoms. The Morgan fingerprint density at radius 3 is 2.32 bits per heavy atom. The van der Waals surface area contributed by atoms with Crippen LogP contribution in [0.15, 0.2) is 24.3 Å². The number of nitrogens with zero attached hydrogens (tertiary/aromatic N) is 1. The summed E-state index contributed by atoms with van der Waals surface area (Å²) in [7, 11) is 1.93. The number of hydrogen-bond donors (Lipinski definition) is 1. The fraction of sp³-hybridized carbons (Fsp3) is 0.611. The summed E-state index contributed by atoms with van der Waals surface area (Å²) in [6, 6.07) is 8.63. The highest BCUT2D eigenvalue weighted by Crippen LogP contribution is 2.26. The number of carbonyl (C=O) groups excluding carboxylic acids is 1. The van der Waals surface area contributed by atoms with Gasteiger partial charge in [0.15, 0.2) is 0 Å². The van der Waals surface area contributed by atoms with Gasteiger partial charge in [-0.1, -0.05) is 50.6 Å². The van der Waals surface area contributed by atoms with Crippen LogP contribution in [0.5, 0.6) is 0 Å². The average Bonchev–Trinajstić information content (AvgIpc) is 2.35. The topological polar surface area (TPSA) is 32.3 Å². The molecule has 0 saturated carbocycles. The van der Waals surface area contributed by atoms with Crippen molar-refractivity contribution in [2.75, 3.05) is 26.7 Å². The van der Waals surface area contributed by atoms with Crippen LogP contribution in [0.3, 0.4) is 0 Å². The van der Waals surface area contributed by atoms with Crippen LogP contribution in [-0.2, 0) is 10.2 Å². The molecule has 1 aromatic rings. The van der Waals surface area contributed by atoms with Gasteiger partial charge in [-0.05, 0) is 31.5 Å². The number of amides is 1. The quantitative estimate of drug-likeness (QED) is 0.903.